The van der Waals surface area contributed by atoms with Crippen LogP contribution in [0.1, 0.15) is 16.1 Å². The van der Waals surface area contributed by atoms with Crippen LogP contribution in [0.5, 0.6) is 0 Å². The molecule has 0 aliphatic rings. The topological polar surface area (TPSA) is 34.9 Å². The van der Waals surface area contributed by atoms with Gasteiger partial charge in [0.1, 0.15) is 6.29 Å². The zero-order chi connectivity index (χ0) is 10.8. The molecule has 0 saturated carbocycles. The van der Waals surface area contributed by atoms with E-state index >= 15 is 0 Å². The standard InChI is InChI=1S/C12H12N2O/c1-9-12(7-14(2)13-9)11-5-3-4-10(6-11)8-15/h3-8H,1-2H3. The van der Waals surface area contributed by atoms with Crippen LogP contribution in [0.25, 0.3) is 11.1 Å². The molecule has 0 unspecified atom stereocenters. The Hall–Kier alpha value is -1.90. The van der Waals surface area contributed by atoms with Gasteiger partial charge in [0, 0.05) is 24.4 Å². The Bertz CT molecular complexity index is 500. The molecule has 1 aromatic heterocycles. The van der Waals surface area contributed by atoms with Gasteiger partial charge in [0.2, 0.25) is 0 Å². The quantitative estimate of drug-likeness (QED) is 0.696. The van der Waals surface area contributed by atoms with Crippen LogP contribution in [-0.2, 0) is 7.05 Å². The maximum absolute atomic E-state index is 10.7. The van der Waals surface area contributed by atoms with Gasteiger partial charge in [0.15, 0.2) is 0 Å². The van der Waals surface area contributed by atoms with Gasteiger partial charge >= 0.3 is 0 Å². The Labute approximate surface area is 88.4 Å². The summed E-state index contributed by atoms with van der Waals surface area (Å²) in [4.78, 5) is 10.7. The molecule has 3 nitrogen and oxygen atoms in total. The molecule has 0 N–H and O–H groups in total. The van der Waals surface area contributed by atoms with E-state index in [4.69, 9.17) is 0 Å². The third-order valence-corrected chi connectivity index (χ3v) is 2.35. The van der Waals surface area contributed by atoms with Gasteiger partial charge < -0.3 is 0 Å². The van der Waals surface area contributed by atoms with Crippen LogP contribution in [0.15, 0.2) is 30.5 Å². The summed E-state index contributed by atoms with van der Waals surface area (Å²) in [5.74, 6) is 0. The molecule has 76 valence electrons. The Morgan fingerprint density at radius 2 is 2.20 bits per heavy atom. The van der Waals surface area contributed by atoms with Gasteiger partial charge in [-0.15, -0.1) is 0 Å². The summed E-state index contributed by atoms with van der Waals surface area (Å²) in [6.07, 6.45) is 2.81. The highest BCUT2D eigenvalue weighted by Crippen LogP contribution is 2.22. The van der Waals surface area contributed by atoms with Gasteiger partial charge in [-0.3, -0.25) is 9.48 Å². The predicted molar refractivity (Wildman–Crippen MR) is 58.8 cm³/mol. The number of hydrogen-bond acceptors (Lipinski definition) is 2. The van der Waals surface area contributed by atoms with E-state index in [1.807, 2.05) is 38.4 Å². The number of aromatic nitrogens is 2. The summed E-state index contributed by atoms with van der Waals surface area (Å²) in [7, 11) is 1.89. The lowest BCUT2D eigenvalue weighted by Gasteiger charge is -1.99. The van der Waals surface area contributed by atoms with E-state index in [1.54, 1.807) is 10.7 Å². The predicted octanol–water partition coefficient (Wildman–Crippen LogP) is 2.21. The fourth-order valence-corrected chi connectivity index (χ4v) is 1.66. The first-order chi connectivity index (χ1) is 7.20. The average Bonchev–Trinajstić information content (AvgIpc) is 2.58. The summed E-state index contributed by atoms with van der Waals surface area (Å²) >= 11 is 0. The van der Waals surface area contributed by atoms with Crippen molar-refractivity contribution in [2.24, 2.45) is 7.05 Å². The normalized spacial score (nSPS) is 10.3. The van der Waals surface area contributed by atoms with Crippen LogP contribution in [0.2, 0.25) is 0 Å². The molecule has 0 atom stereocenters. The molecule has 0 radical (unpaired) electrons. The SMILES string of the molecule is Cc1nn(C)cc1-c1cccc(C=O)c1. The Morgan fingerprint density at radius 3 is 2.80 bits per heavy atom. The van der Waals surface area contributed by atoms with Crippen molar-refractivity contribution in [3.63, 3.8) is 0 Å². The number of aryl methyl sites for hydroxylation is 2. The highest BCUT2D eigenvalue weighted by atomic mass is 16.1. The van der Waals surface area contributed by atoms with Crippen molar-refractivity contribution in [3.8, 4) is 11.1 Å². The smallest absolute Gasteiger partial charge is 0.150 e. The maximum Gasteiger partial charge on any atom is 0.150 e. The maximum atomic E-state index is 10.7. The van der Waals surface area contributed by atoms with Crippen molar-refractivity contribution in [2.75, 3.05) is 0 Å². The minimum Gasteiger partial charge on any atom is -0.298 e. The zero-order valence-electron chi connectivity index (χ0n) is 8.77. The van der Waals surface area contributed by atoms with E-state index in [2.05, 4.69) is 5.10 Å². The number of nitrogens with zero attached hydrogens (tertiary/aromatic N) is 2. The summed E-state index contributed by atoms with van der Waals surface area (Å²) in [5, 5.41) is 4.27. The second-order valence-electron chi connectivity index (χ2n) is 3.55. The van der Waals surface area contributed by atoms with Crippen molar-refractivity contribution in [2.45, 2.75) is 6.92 Å². The largest absolute Gasteiger partial charge is 0.298 e. The molecule has 2 rings (SSSR count). The third-order valence-electron chi connectivity index (χ3n) is 2.35. The van der Waals surface area contributed by atoms with Gasteiger partial charge in [0.25, 0.3) is 0 Å². The van der Waals surface area contributed by atoms with Gasteiger partial charge in [-0.1, -0.05) is 18.2 Å². The monoisotopic (exact) mass is 200 g/mol. The molecule has 0 amide bonds. The molecule has 0 aliphatic heterocycles. The minimum absolute atomic E-state index is 0.691. The lowest BCUT2D eigenvalue weighted by molar-refractivity contribution is 0.112. The molecule has 0 fully saturated rings. The number of benzene rings is 1. The zero-order valence-corrected chi connectivity index (χ0v) is 8.77. The van der Waals surface area contributed by atoms with Gasteiger partial charge in [0.05, 0.1) is 5.69 Å². The molecule has 0 saturated heterocycles. The molecule has 2 aromatic rings. The summed E-state index contributed by atoms with van der Waals surface area (Å²) in [6.45, 7) is 1.96. The van der Waals surface area contributed by atoms with E-state index in [-0.39, 0.29) is 0 Å². The summed E-state index contributed by atoms with van der Waals surface area (Å²) in [6, 6.07) is 7.53. The van der Waals surface area contributed by atoms with E-state index in [0.29, 0.717) is 5.56 Å². The van der Waals surface area contributed by atoms with Crippen LogP contribution in [0, 0.1) is 6.92 Å². The van der Waals surface area contributed by atoms with Crippen LogP contribution in [-0.4, -0.2) is 16.1 Å². The fourth-order valence-electron chi connectivity index (χ4n) is 1.66. The van der Waals surface area contributed by atoms with Gasteiger partial charge in [-0.05, 0) is 18.6 Å². The Morgan fingerprint density at radius 1 is 1.40 bits per heavy atom. The highest BCUT2D eigenvalue weighted by Gasteiger charge is 2.05. The second-order valence-corrected chi connectivity index (χ2v) is 3.55. The number of carbonyl (C=O) groups is 1. The van der Waals surface area contributed by atoms with E-state index in [9.17, 15) is 4.79 Å². The van der Waals surface area contributed by atoms with Crippen LogP contribution >= 0.6 is 0 Å². The highest BCUT2D eigenvalue weighted by molar-refractivity contribution is 5.79. The average molecular weight is 200 g/mol. The molecule has 15 heavy (non-hydrogen) atoms. The Balaban J connectivity index is 2.53. The van der Waals surface area contributed by atoms with Crippen molar-refractivity contribution >= 4 is 6.29 Å². The molecular formula is C12H12N2O. The lowest BCUT2D eigenvalue weighted by Crippen LogP contribution is -1.86. The number of aldehydes is 1. The molecule has 0 aliphatic carbocycles. The molecule has 1 aromatic carbocycles. The van der Waals surface area contributed by atoms with E-state index in [1.165, 1.54) is 0 Å². The van der Waals surface area contributed by atoms with Crippen molar-refractivity contribution < 1.29 is 4.79 Å². The minimum atomic E-state index is 0.691. The molecule has 1 heterocycles. The van der Waals surface area contributed by atoms with Crippen LogP contribution in [0.3, 0.4) is 0 Å². The number of carbonyl (C=O) groups excluding carboxylic acids is 1. The first-order valence-electron chi connectivity index (χ1n) is 4.76. The van der Waals surface area contributed by atoms with E-state index < -0.39 is 0 Å². The Kier molecular flexibility index (Phi) is 2.37. The summed E-state index contributed by atoms with van der Waals surface area (Å²) < 4.78 is 1.78. The van der Waals surface area contributed by atoms with E-state index in [0.717, 1.165) is 23.1 Å². The first kappa shape index (κ1) is 9.65. The lowest BCUT2D eigenvalue weighted by atomic mass is 10.0. The van der Waals surface area contributed by atoms with Gasteiger partial charge in [-0.2, -0.15) is 5.10 Å². The second kappa shape index (κ2) is 3.69. The molecular weight excluding hydrogens is 188 g/mol. The third kappa shape index (κ3) is 1.81. The molecule has 0 spiro atoms. The van der Waals surface area contributed by atoms with Crippen LogP contribution < -0.4 is 0 Å². The molecule has 3 heteroatoms. The first-order valence-corrected chi connectivity index (χ1v) is 4.76. The van der Waals surface area contributed by atoms with Crippen molar-refractivity contribution in [3.05, 3.63) is 41.7 Å². The number of rotatable bonds is 2. The number of hydrogen-bond donors (Lipinski definition) is 0. The molecule has 0 bridgehead atoms. The van der Waals surface area contributed by atoms with Gasteiger partial charge in [-0.25, -0.2) is 0 Å². The van der Waals surface area contributed by atoms with Crippen molar-refractivity contribution in [1.82, 2.24) is 9.78 Å². The summed E-state index contributed by atoms with van der Waals surface area (Å²) in [5.41, 5.74) is 3.77. The van der Waals surface area contributed by atoms with Crippen molar-refractivity contribution in [1.29, 1.82) is 0 Å². The fraction of sp³-hybridized carbons (Fsp3) is 0.167. The van der Waals surface area contributed by atoms with Crippen LogP contribution in [0.4, 0.5) is 0 Å².